The van der Waals surface area contributed by atoms with Crippen LogP contribution in [0, 0.1) is 0 Å². The summed E-state index contributed by atoms with van der Waals surface area (Å²) in [6.07, 6.45) is 0. The van der Waals surface area contributed by atoms with Gasteiger partial charge in [0.05, 0.1) is 0 Å². The molecule has 1 aromatic rings. The van der Waals surface area contributed by atoms with E-state index in [0.717, 1.165) is 31.9 Å². The Labute approximate surface area is 101 Å². The number of primary amides is 1. The van der Waals surface area contributed by atoms with Gasteiger partial charge >= 0.3 is 6.03 Å². The van der Waals surface area contributed by atoms with Crippen molar-refractivity contribution in [2.45, 2.75) is 0 Å². The molecule has 2 rings (SSSR count). The summed E-state index contributed by atoms with van der Waals surface area (Å²) in [5.41, 5.74) is 6.97. The molecule has 0 aliphatic carbocycles. The Morgan fingerprint density at radius 3 is 2.29 bits per heavy atom. The summed E-state index contributed by atoms with van der Waals surface area (Å²) in [5, 5.41) is 2.55. The quantitative estimate of drug-likeness (QED) is 0.800. The molecule has 2 amide bonds. The Kier molecular flexibility index (Phi) is 3.49. The number of likely N-dealkylation sites (N-methyl/N-ethyl adjacent to an activating group) is 1. The molecule has 0 atom stereocenters. The molecule has 0 bridgehead atoms. The zero-order valence-electron chi connectivity index (χ0n) is 10.0. The molecular weight excluding hydrogens is 216 g/mol. The summed E-state index contributed by atoms with van der Waals surface area (Å²) in [4.78, 5) is 15.3. The van der Waals surface area contributed by atoms with Gasteiger partial charge in [0, 0.05) is 37.6 Å². The van der Waals surface area contributed by atoms with Crippen LogP contribution in [0.1, 0.15) is 0 Å². The first-order valence-corrected chi connectivity index (χ1v) is 5.75. The van der Waals surface area contributed by atoms with E-state index < -0.39 is 6.03 Å². The number of hydrogen-bond acceptors (Lipinski definition) is 3. The third kappa shape index (κ3) is 3.10. The number of carbonyl (C=O) groups excluding carboxylic acids is 1. The zero-order valence-corrected chi connectivity index (χ0v) is 10.0. The van der Waals surface area contributed by atoms with Gasteiger partial charge in [-0.2, -0.15) is 0 Å². The molecule has 3 N–H and O–H groups in total. The van der Waals surface area contributed by atoms with Crippen molar-refractivity contribution in [2.24, 2.45) is 5.73 Å². The van der Waals surface area contributed by atoms with Crippen LogP contribution in [-0.2, 0) is 0 Å². The van der Waals surface area contributed by atoms with Crippen LogP contribution in [0.4, 0.5) is 16.2 Å². The van der Waals surface area contributed by atoms with Crippen LogP contribution in [0.25, 0.3) is 0 Å². The van der Waals surface area contributed by atoms with E-state index in [1.807, 2.05) is 24.3 Å². The maximum atomic E-state index is 10.7. The summed E-state index contributed by atoms with van der Waals surface area (Å²) >= 11 is 0. The Morgan fingerprint density at radius 1 is 1.18 bits per heavy atom. The SMILES string of the molecule is CN1CCN(c2ccc(NC(N)=O)cc2)CC1. The van der Waals surface area contributed by atoms with Crippen molar-refractivity contribution >= 4 is 17.4 Å². The molecule has 92 valence electrons. The van der Waals surface area contributed by atoms with Crippen LogP contribution in [-0.4, -0.2) is 44.2 Å². The first kappa shape index (κ1) is 11.7. The second kappa shape index (κ2) is 5.05. The highest BCUT2D eigenvalue weighted by atomic mass is 16.2. The minimum Gasteiger partial charge on any atom is -0.369 e. The fourth-order valence-corrected chi connectivity index (χ4v) is 1.96. The molecule has 1 heterocycles. The standard InChI is InChI=1S/C12H18N4O/c1-15-6-8-16(9-7-15)11-4-2-10(3-5-11)14-12(13)17/h2-5H,6-9H2,1H3,(H3,13,14,17). The minimum absolute atomic E-state index is 0.530. The van der Waals surface area contributed by atoms with Crippen molar-refractivity contribution < 1.29 is 4.79 Å². The lowest BCUT2D eigenvalue weighted by molar-refractivity contribution is 0.259. The molecule has 0 spiro atoms. The van der Waals surface area contributed by atoms with E-state index in [1.165, 1.54) is 5.69 Å². The third-order valence-electron chi connectivity index (χ3n) is 3.00. The summed E-state index contributed by atoms with van der Waals surface area (Å²) in [5.74, 6) is 0. The molecule has 0 saturated carbocycles. The number of urea groups is 1. The van der Waals surface area contributed by atoms with Crippen LogP contribution < -0.4 is 16.0 Å². The van der Waals surface area contributed by atoms with Gasteiger partial charge in [-0.15, -0.1) is 0 Å². The van der Waals surface area contributed by atoms with Crippen molar-refractivity contribution in [1.29, 1.82) is 0 Å². The third-order valence-corrected chi connectivity index (χ3v) is 3.00. The van der Waals surface area contributed by atoms with Crippen molar-refractivity contribution in [3.63, 3.8) is 0 Å². The predicted molar refractivity (Wildman–Crippen MR) is 69.4 cm³/mol. The van der Waals surface area contributed by atoms with Gasteiger partial charge in [-0.25, -0.2) is 4.79 Å². The molecular formula is C12H18N4O. The van der Waals surface area contributed by atoms with Gasteiger partial charge in [0.25, 0.3) is 0 Å². The molecule has 0 radical (unpaired) electrons. The van der Waals surface area contributed by atoms with E-state index in [4.69, 9.17) is 5.73 Å². The Hall–Kier alpha value is -1.75. The fourth-order valence-electron chi connectivity index (χ4n) is 1.96. The minimum atomic E-state index is -0.530. The van der Waals surface area contributed by atoms with Gasteiger partial charge < -0.3 is 20.9 Å². The highest BCUT2D eigenvalue weighted by molar-refractivity contribution is 5.87. The zero-order chi connectivity index (χ0) is 12.3. The molecule has 17 heavy (non-hydrogen) atoms. The number of amides is 2. The van der Waals surface area contributed by atoms with Crippen molar-refractivity contribution in [3.8, 4) is 0 Å². The second-order valence-corrected chi connectivity index (χ2v) is 4.33. The van der Waals surface area contributed by atoms with E-state index >= 15 is 0 Å². The fraction of sp³-hybridized carbons (Fsp3) is 0.417. The average Bonchev–Trinajstić information content (AvgIpc) is 2.30. The molecule has 5 nitrogen and oxygen atoms in total. The molecule has 1 aromatic carbocycles. The topological polar surface area (TPSA) is 61.6 Å². The first-order chi connectivity index (χ1) is 8.15. The molecule has 1 aliphatic rings. The molecule has 1 saturated heterocycles. The predicted octanol–water partition coefficient (Wildman–Crippen LogP) is 0.929. The molecule has 1 fully saturated rings. The lowest BCUT2D eigenvalue weighted by Gasteiger charge is -2.34. The number of benzene rings is 1. The Morgan fingerprint density at radius 2 is 1.76 bits per heavy atom. The second-order valence-electron chi connectivity index (χ2n) is 4.33. The smallest absolute Gasteiger partial charge is 0.316 e. The highest BCUT2D eigenvalue weighted by Gasteiger charge is 2.13. The average molecular weight is 234 g/mol. The number of carbonyl (C=O) groups is 1. The van der Waals surface area contributed by atoms with Crippen LogP contribution in [0.15, 0.2) is 24.3 Å². The number of hydrogen-bond donors (Lipinski definition) is 2. The van der Waals surface area contributed by atoms with E-state index in [1.54, 1.807) is 0 Å². The molecule has 0 aromatic heterocycles. The van der Waals surface area contributed by atoms with Crippen LogP contribution in [0.2, 0.25) is 0 Å². The van der Waals surface area contributed by atoms with Gasteiger partial charge in [-0.1, -0.05) is 0 Å². The van der Waals surface area contributed by atoms with E-state index in [0.29, 0.717) is 0 Å². The molecule has 1 aliphatic heterocycles. The number of rotatable bonds is 2. The van der Waals surface area contributed by atoms with Gasteiger partial charge in [-0.05, 0) is 31.3 Å². The number of nitrogens with one attached hydrogen (secondary N) is 1. The van der Waals surface area contributed by atoms with E-state index in [2.05, 4.69) is 22.2 Å². The number of anilines is 2. The normalized spacial score (nSPS) is 16.9. The maximum absolute atomic E-state index is 10.7. The maximum Gasteiger partial charge on any atom is 0.316 e. The van der Waals surface area contributed by atoms with Crippen LogP contribution in [0.5, 0.6) is 0 Å². The first-order valence-electron chi connectivity index (χ1n) is 5.75. The number of nitrogens with two attached hydrogens (primary N) is 1. The summed E-state index contributed by atoms with van der Waals surface area (Å²) in [6.45, 7) is 4.25. The lowest BCUT2D eigenvalue weighted by Crippen LogP contribution is -2.44. The Bertz CT molecular complexity index is 382. The molecule has 0 unspecified atom stereocenters. The van der Waals surface area contributed by atoms with E-state index in [-0.39, 0.29) is 0 Å². The van der Waals surface area contributed by atoms with Crippen LogP contribution >= 0.6 is 0 Å². The Balaban J connectivity index is 2.00. The number of nitrogens with zero attached hydrogens (tertiary/aromatic N) is 2. The van der Waals surface area contributed by atoms with E-state index in [9.17, 15) is 4.79 Å². The van der Waals surface area contributed by atoms with Crippen molar-refractivity contribution in [3.05, 3.63) is 24.3 Å². The monoisotopic (exact) mass is 234 g/mol. The molecule has 5 heteroatoms. The lowest BCUT2D eigenvalue weighted by atomic mass is 10.2. The van der Waals surface area contributed by atoms with Crippen molar-refractivity contribution in [1.82, 2.24) is 4.90 Å². The van der Waals surface area contributed by atoms with Gasteiger partial charge in [0.1, 0.15) is 0 Å². The van der Waals surface area contributed by atoms with Gasteiger partial charge in [0.15, 0.2) is 0 Å². The van der Waals surface area contributed by atoms with Gasteiger partial charge in [-0.3, -0.25) is 0 Å². The highest BCUT2D eigenvalue weighted by Crippen LogP contribution is 2.19. The summed E-state index contributed by atoms with van der Waals surface area (Å²) in [6, 6.07) is 7.24. The van der Waals surface area contributed by atoms with Crippen molar-refractivity contribution in [2.75, 3.05) is 43.4 Å². The largest absolute Gasteiger partial charge is 0.369 e. The van der Waals surface area contributed by atoms with Crippen LogP contribution in [0.3, 0.4) is 0 Å². The summed E-state index contributed by atoms with van der Waals surface area (Å²) < 4.78 is 0. The number of piperazine rings is 1. The van der Waals surface area contributed by atoms with Gasteiger partial charge in [0.2, 0.25) is 0 Å². The summed E-state index contributed by atoms with van der Waals surface area (Å²) in [7, 11) is 2.14.